The molecule has 90 heavy (non-hydrogen) atoms. The predicted octanol–water partition coefficient (Wildman–Crippen LogP) is 24.6. The lowest BCUT2D eigenvalue weighted by Crippen LogP contribution is -2.47. The number of nitrogens with zero attached hydrogens (tertiary/aromatic N) is 1. The lowest BCUT2D eigenvalue weighted by molar-refractivity contribution is -0.870. The molecule has 9 nitrogen and oxygen atoms in total. The number of phosphoric ester groups is 1. The van der Waals surface area contributed by atoms with Crippen molar-refractivity contribution in [1.82, 2.24) is 5.32 Å². The van der Waals surface area contributed by atoms with E-state index in [0.717, 1.165) is 103 Å². The van der Waals surface area contributed by atoms with E-state index in [0.29, 0.717) is 17.4 Å². The maximum absolute atomic E-state index is 13.7. The summed E-state index contributed by atoms with van der Waals surface area (Å²) >= 11 is 0. The van der Waals surface area contributed by atoms with Gasteiger partial charge in [0.2, 0.25) is 5.91 Å². The van der Waals surface area contributed by atoms with E-state index in [4.69, 9.17) is 13.8 Å². The van der Waals surface area contributed by atoms with Gasteiger partial charge in [0.15, 0.2) is 0 Å². The monoisotopic (exact) mass is 1280 g/mol. The van der Waals surface area contributed by atoms with Gasteiger partial charge < -0.3 is 19.4 Å². The van der Waals surface area contributed by atoms with E-state index in [1.54, 1.807) is 0 Å². The zero-order valence-corrected chi connectivity index (χ0v) is 60.8. The fourth-order valence-corrected chi connectivity index (χ4v) is 11.6. The number of ether oxygens (including phenoxy) is 1. The number of phosphoric acid groups is 1. The largest absolute Gasteiger partial charge is 0.472 e. The van der Waals surface area contributed by atoms with Crippen LogP contribution in [0.15, 0.2) is 97.2 Å². The number of hydrogen-bond acceptors (Lipinski definition) is 6. The molecule has 0 aliphatic rings. The molecular weight excluding hydrogens is 1130 g/mol. The van der Waals surface area contributed by atoms with Gasteiger partial charge in [-0.25, -0.2) is 4.57 Å². The Morgan fingerprint density at radius 2 is 0.678 bits per heavy atom. The number of amides is 1. The second kappa shape index (κ2) is 68.8. The minimum absolute atomic E-state index is 0.0363. The van der Waals surface area contributed by atoms with Gasteiger partial charge in [0, 0.05) is 12.8 Å². The Kier molecular flexibility index (Phi) is 66.4. The van der Waals surface area contributed by atoms with Crippen LogP contribution in [0.2, 0.25) is 0 Å². The molecule has 0 bridgehead atoms. The first-order valence-electron chi connectivity index (χ1n) is 38.1. The Morgan fingerprint density at radius 1 is 0.389 bits per heavy atom. The van der Waals surface area contributed by atoms with Crippen LogP contribution in [0, 0.1) is 0 Å². The molecule has 0 aromatic rings. The molecule has 1 amide bonds. The van der Waals surface area contributed by atoms with Crippen LogP contribution in [0.5, 0.6) is 0 Å². The maximum Gasteiger partial charge on any atom is 0.472 e. The molecule has 0 spiro atoms. The van der Waals surface area contributed by atoms with Crippen LogP contribution in [0.1, 0.15) is 348 Å². The van der Waals surface area contributed by atoms with Crippen molar-refractivity contribution in [2.24, 2.45) is 0 Å². The van der Waals surface area contributed by atoms with Crippen molar-refractivity contribution in [2.45, 2.75) is 360 Å². The lowest BCUT2D eigenvalue weighted by Gasteiger charge is -2.27. The van der Waals surface area contributed by atoms with E-state index >= 15 is 0 Å². The summed E-state index contributed by atoms with van der Waals surface area (Å²) < 4.78 is 30.9. The molecule has 0 saturated heterocycles. The first kappa shape index (κ1) is 86.9. The average molecular weight is 1280 g/mol. The van der Waals surface area contributed by atoms with E-state index < -0.39 is 20.0 Å². The summed E-state index contributed by atoms with van der Waals surface area (Å²) in [5.74, 6) is -0.505. The van der Waals surface area contributed by atoms with Gasteiger partial charge in [-0.3, -0.25) is 18.6 Å². The molecular formula is C80H146N2O7P+. The Hall–Kier alpha value is -3.07. The number of carbonyl (C=O) groups excluding carboxylic acids is 2. The summed E-state index contributed by atoms with van der Waals surface area (Å²) in [6.45, 7) is 6.98. The van der Waals surface area contributed by atoms with E-state index in [2.05, 4.69) is 111 Å². The molecule has 2 N–H and O–H groups in total. The molecule has 3 atom stereocenters. The number of nitrogens with one attached hydrogen (secondary N) is 1. The highest BCUT2D eigenvalue weighted by Gasteiger charge is 2.30. The third-order valence-electron chi connectivity index (χ3n) is 16.7. The van der Waals surface area contributed by atoms with Crippen molar-refractivity contribution in [2.75, 3.05) is 40.9 Å². The van der Waals surface area contributed by atoms with Gasteiger partial charge in [0.25, 0.3) is 0 Å². The normalized spacial score (nSPS) is 14.0. The van der Waals surface area contributed by atoms with Crippen molar-refractivity contribution >= 4 is 19.7 Å². The Balaban J connectivity index is 5.00. The molecule has 3 unspecified atom stereocenters. The van der Waals surface area contributed by atoms with E-state index in [9.17, 15) is 19.0 Å². The van der Waals surface area contributed by atoms with Crippen molar-refractivity contribution in [1.29, 1.82) is 0 Å². The van der Waals surface area contributed by atoms with Gasteiger partial charge in [-0.1, -0.05) is 317 Å². The zero-order chi connectivity index (χ0) is 65.6. The average Bonchev–Trinajstić information content (AvgIpc) is 3.11. The molecule has 10 heteroatoms. The summed E-state index contributed by atoms with van der Waals surface area (Å²) in [5.41, 5.74) is 0. The highest BCUT2D eigenvalue weighted by Crippen LogP contribution is 2.43. The molecule has 0 heterocycles. The molecule has 0 rings (SSSR count). The first-order chi connectivity index (χ1) is 43.9. The second-order valence-electron chi connectivity index (χ2n) is 26.8. The Bertz CT molecular complexity index is 1860. The van der Waals surface area contributed by atoms with E-state index in [1.807, 2.05) is 33.3 Å². The van der Waals surface area contributed by atoms with E-state index in [-0.39, 0.29) is 31.5 Å². The minimum atomic E-state index is -4.46. The fourth-order valence-electron chi connectivity index (χ4n) is 10.9. The summed E-state index contributed by atoms with van der Waals surface area (Å²) in [4.78, 5) is 38.0. The molecule has 0 aliphatic carbocycles. The van der Waals surface area contributed by atoms with Crippen molar-refractivity contribution in [3.63, 3.8) is 0 Å². The van der Waals surface area contributed by atoms with Crippen LogP contribution in [-0.4, -0.2) is 74.3 Å². The highest BCUT2D eigenvalue weighted by atomic mass is 31.2. The molecule has 0 saturated carbocycles. The van der Waals surface area contributed by atoms with Crippen LogP contribution in [0.25, 0.3) is 0 Å². The summed E-state index contributed by atoms with van der Waals surface area (Å²) in [7, 11) is 1.49. The number of hydrogen-bond donors (Lipinski definition) is 2. The zero-order valence-electron chi connectivity index (χ0n) is 59.9. The van der Waals surface area contributed by atoms with Crippen molar-refractivity contribution < 1.29 is 37.3 Å². The first-order valence-corrected chi connectivity index (χ1v) is 39.6. The highest BCUT2D eigenvalue weighted by molar-refractivity contribution is 7.47. The van der Waals surface area contributed by atoms with Gasteiger partial charge in [0.05, 0.1) is 33.8 Å². The molecule has 0 fully saturated rings. The van der Waals surface area contributed by atoms with Gasteiger partial charge in [-0.2, -0.15) is 0 Å². The quantitative estimate of drug-likeness (QED) is 0.0205. The molecule has 0 radical (unpaired) electrons. The standard InChI is InChI=1S/C80H145N2O7P/c1-7-10-13-16-19-22-25-28-30-32-34-36-38-40-41-43-44-46-48-50-52-54-57-60-63-66-69-72-79(83)81-77(76-88-90(85,86)87-75-74-82(4,5)6)78(71-68-65-62-59-56-27-24-21-18-15-12-9-3)89-80(84)73-70-67-64-61-58-55-53-51-49-47-45-42-39-37-35-33-31-29-26-23-20-17-14-11-8-2/h19-20,22-23,28-31,34-37,42,45,68,71,77-78H,7-18,21,24-27,32-33,38-41,43-44,46-67,69-70,72-76H2,1-6H3,(H-,81,83,85,86)/p+1/b22-19-,23-20-,30-28-,31-29-,36-34-,37-35-,45-42-,71-68+. The summed E-state index contributed by atoms with van der Waals surface area (Å²) in [5, 5.41) is 3.08. The molecule has 522 valence electrons. The van der Waals surface area contributed by atoms with Crippen LogP contribution in [0.4, 0.5) is 0 Å². The SMILES string of the molecule is CCCCC/C=C\C/C=C\C/C=C\C/C=C\CCCCCCCCCCCC(=O)OC(/C=C/CCCCCCCCCCCC)C(COP(=O)(O)OCC[N+](C)(C)C)NC(=O)CCCCCCCCCCCCCCCC/C=C\C/C=C\C/C=C\CCCCC. The van der Waals surface area contributed by atoms with Crippen LogP contribution < -0.4 is 5.32 Å². The van der Waals surface area contributed by atoms with Crippen LogP contribution >= 0.6 is 7.82 Å². The van der Waals surface area contributed by atoms with Gasteiger partial charge in [-0.15, -0.1) is 0 Å². The van der Waals surface area contributed by atoms with Crippen LogP contribution in [0.3, 0.4) is 0 Å². The minimum Gasteiger partial charge on any atom is -0.456 e. The maximum atomic E-state index is 13.7. The second-order valence-corrected chi connectivity index (χ2v) is 28.3. The smallest absolute Gasteiger partial charge is 0.456 e. The molecule has 0 aliphatic heterocycles. The summed E-state index contributed by atoms with van der Waals surface area (Å²) in [6.07, 6.45) is 94.2. The Morgan fingerprint density at radius 3 is 1.03 bits per heavy atom. The third-order valence-corrected chi connectivity index (χ3v) is 17.7. The predicted molar refractivity (Wildman–Crippen MR) is 392 cm³/mol. The fraction of sp³-hybridized carbons (Fsp3) is 0.775. The number of esters is 1. The van der Waals surface area contributed by atoms with Gasteiger partial charge >= 0.3 is 13.8 Å². The van der Waals surface area contributed by atoms with Crippen LogP contribution in [-0.2, 0) is 27.9 Å². The number of rotatable bonds is 69. The molecule has 0 aromatic heterocycles. The molecule has 0 aromatic carbocycles. The number of quaternary nitrogens is 1. The van der Waals surface area contributed by atoms with Crippen molar-refractivity contribution in [3.05, 3.63) is 97.2 Å². The number of allylic oxidation sites excluding steroid dienone is 15. The number of likely N-dealkylation sites (N-methyl/N-ethyl adjacent to an activating group) is 1. The third kappa shape index (κ3) is 69.3. The lowest BCUT2D eigenvalue weighted by atomic mass is 10.0. The summed E-state index contributed by atoms with van der Waals surface area (Å²) in [6, 6.07) is -0.857. The topological polar surface area (TPSA) is 111 Å². The van der Waals surface area contributed by atoms with E-state index in [1.165, 1.54) is 212 Å². The van der Waals surface area contributed by atoms with Gasteiger partial charge in [0.1, 0.15) is 19.3 Å². The van der Waals surface area contributed by atoms with Gasteiger partial charge in [-0.05, 0) is 115 Å². The number of carbonyl (C=O) groups is 2. The van der Waals surface area contributed by atoms with Crippen molar-refractivity contribution in [3.8, 4) is 0 Å². The number of unbranched alkanes of at least 4 members (excludes halogenated alkanes) is 39. The Labute approximate surface area is 558 Å².